The van der Waals surface area contributed by atoms with Gasteiger partial charge in [0.15, 0.2) is 0 Å². The van der Waals surface area contributed by atoms with Crippen LogP contribution >= 0.6 is 11.6 Å². The average Bonchev–Trinajstić information content (AvgIpc) is 2.61. The molecule has 26 heavy (non-hydrogen) atoms. The molecule has 0 aliphatic carbocycles. The van der Waals surface area contributed by atoms with Gasteiger partial charge in [0.2, 0.25) is 5.91 Å². The molecule has 0 radical (unpaired) electrons. The molecule has 0 spiro atoms. The lowest BCUT2D eigenvalue weighted by Gasteiger charge is -2.20. The number of hydrogen-bond donors (Lipinski definition) is 0. The van der Waals surface area contributed by atoms with E-state index < -0.39 is 5.82 Å². The third-order valence-corrected chi connectivity index (χ3v) is 5.05. The van der Waals surface area contributed by atoms with Crippen molar-refractivity contribution >= 4 is 28.4 Å². The average molecular weight is 371 g/mol. The number of nitrogens with zero attached hydrogens (tertiary/aromatic N) is 2. The van der Waals surface area contributed by atoms with Crippen LogP contribution in [0.2, 0.25) is 5.02 Å². The van der Waals surface area contributed by atoms with E-state index in [0.29, 0.717) is 10.6 Å². The first kappa shape index (κ1) is 18.3. The molecule has 3 nitrogen and oxygen atoms in total. The summed E-state index contributed by atoms with van der Waals surface area (Å²) in [5, 5.41) is 1.37. The molecule has 3 rings (SSSR count). The number of aryl methyl sites for hydroxylation is 2. The molecule has 0 aliphatic rings. The summed E-state index contributed by atoms with van der Waals surface area (Å²) in [7, 11) is 1.66. The highest BCUT2D eigenvalue weighted by atomic mass is 35.5. The van der Waals surface area contributed by atoms with Gasteiger partial charge in [-0.05, 0) is 43.2 Å². The summed E-state index contributed by atoms with van der Waals surface area (Å²) in [6.07, 6.45) is 0.220. The SMILES string of the molecule is Cc1nc2ccccc2c(C)c1CC(=O)N(C)Cc1c(F)cccc1Cl. The predicted octanol–water partition coefficient (Wildman–Crippen LogP) is 4.85. The lowest BCUT2D eigenvalue weighted by molar-refractivity contribution is -0.129. The highest BCUT2D eigenvalue weighted by Gasteiger charge is 2.18. The molecule has 3 aromatic rings. The molecule has 1 aromatic heterocycles. The van der Waals surface area contributed by atoms with Crippen LogP contribution < -0.4 is 0 Å². The molecule has 0 N–H and O–H groups in total. The van der Waals surface area contributed by atoms with E-state index in [0.717, 1.165) is 27.7 Å². The topological polar surface area (TPSA) is 33.2 Å². The Balaban J connectivity index is 1.85. The molecule has 5 heteroatoms. The summed E-state index contributed by atoms with van der Waals surface area (Å²) in [6.45, 7) is 4.05. The molecule has 0 saturated carbocycles. The number of benzene rings is 2. The quantitative estimate of drug-likeness (QED) is 0.658. The Morgan fingerprint density at radius 1 is 1.12 bits per heavy atom. The van der Waals surface area contributed by atoms with Crippen molar-refractivity contribution < 1.29 is 9.18 Å². The molecule has 0 unspecified atom stereocenters. The Labute approximate surface area is 157 Å². The first-order chi connectivity index (χ1) is 12.4. The van der Waals surface area contributed by atoms with Crippen molar-refractivity contribution in [2.45, 2.75) is 26.8 Å². The number of carbonyl (C=O) groups excluding carboxylic acids is 1. The van der Waals surface area contributed by atoms with E-state index in [1.807, 2.05) is 38.1 Å². The lowest BCUT2D eigenvalue weighted by atomic mass is 9.99. The Morgan fingerprint density at radius 2 is 1.85 bits per heavy atom. The third kappa shape index (κ3) is 3.56. The Hall–Kier alpha value is -2.46. The van der Waals surface area contributed by atoms with Gasteiger partial charge < -0.3 is 4.90 Å². The first-order valence-electron chi connectivity index (χ1n) is 8.40. The molecule has 0 aliphatic heterocycles. The van der Waals surface area contributed by atoms with E-state index >= 15 is 0 Å². The van der Waals surface area contributed by atoms with Crippen molar-refractivity contribution in [3.05, 3.63) is 75.7 Å². The van der Waals surface area contributed by atoms with Gasteiger partial charge in [0.05, 0.1) is 11.9 Å². The van der Waals surface area contributed by atoms with E-state index in [1.165, 1.54) is 11.0 Å². The van der Waals surface area contributed by atoms with Crippen molar-refractivity contribution in [1.29, 1.82) is 0 Å². The lowest BCUT2D eigenvalue weighted by Crippen LogP contribution is -2.29. The number of para-hydroxylation sites is 1. The molecule has 1 amide bonds. The van der Waals surface area contributed by atoms with Gasteiger partial charge in [-0.3, -0.25) is 9.78 Å². The number of pyridine rings is 1. The molecular weight excluding hydrogens is 351 g/mol. The molecule has 1 heterocycles. The largest absolute Gasteiger partial charge is 0.341 e. The Morgan fingerprint density at radius 3 is 2.58 bits per heavy atom. The maximum Gasteiger partial charge on any atom is 0.227 e. The van der Waals surface area contributed by atoms with Crippen molar-refractivity contribution in [2.24, 2.45) is 0 Å². The van der Waals surface area contributed by atoms with Gasteiger partial charge in [0.1, 0.15) is 5.82 Å². The molecule has 0 fully saturated rings. The predicted molar refractivity (Wildman–Crippen MR) is 103 cm³/mol. The fourth-order valence-corrected chi connectivity index (χ4v) is 3.35. The van der Waals surface area contributed by atoms with Crippen LogP contribution in [0.25, 0.3) is 10.9 Å². The summed E-state index contributed by atoms with van der Waals surface area (Å²) in [4.78, 5) is 18.8. The standard InChI is InChI=1S/C21H20ClFN2O/c1-13-15-7-4-5-10-20(15)24-14(2)16(13)11-21(26)25(3)12-17-18(22)8-6-9-19(17)23/h4-10H,11-12H2,1-3H3. The van der Waals surface area contributed by atoms with Gasteiger partial charge in [-0.2, -0.15) is 0 Å². The second kappa shape index (κ2) is 7.42. The van der Waals surface area contributed by atoms with E-state index in [-0.39, 0.29) is 18.9 Å². The number of rotatable bonds is 4. The van der Waals surface area contributed by atoms with Crippen LogP contribution in [0, 0.1) is 19.7 Å². The van der Waals surface area contributed by atoms with Crippen LogP contribution in [0.15, 0.2) is 42.5 Å². The highest BCUT2D eigenvalue weighted by molar-refractivity contribution is 6.31. The number of hydrogen-bond acceptors (Lipinski definition) is 2. The highest BCUT2D eigenvalue weighted by Crippen LogP contribution is 2.24. The third-order valence-electron chi connectivity index (χ3n) is 4.70. The van der Waals surface area contributed by atoms with Crippen molar-refractivity contribution in [1.82, 2.24) is 9.88 Å². The zero-order valence-electron chi connectivity index (χ0n) is 15.0. The van der Waals surface area contributed by atoms with E-state index in [4.69, 9.17) is 11.6 Å². The number of aromatic nitrogens is 1. The summed E-state index contributed by atoms with van der Waals surface area (Å²) in [5.41, 5.74) is 4.06. The van der Waals surface area contributed by atoms with Crippen molar-refractivity contribution in [2.75, 3.05) is 7.05 Å². The minimum Gasteiger partial charge on any atom is -0.341 e. The minimum absolute atomic E-state index is 0.104. The van der Waals surface area contributed by atoms with Gasteiger partial charge in [0, 0.05) is 35.3 Å². The maximum absolute atomic E-state index is 14.0. The molecule has 0 bridgehead atoms. The Bertz CT molecular complexity index is 967. The van der Waals surface area contributed by atoms with Crippen LogP contribution in [-0.4, -0.2) is 22.8 Å². The molecule has 0 atom stereocenters. The van der Waals surface area contributed by atoms with E-state index in [1.54, 1.807) is 19.2 Å². The zero-order chi connectivity index (χ0) is 18.8. The van der Waals surface area contributed by atoms with Gasteiger partial charge in [-0.1, -0.05) is 35.9 Å². The minimum atomic E-state index is -0.406. The molecule has 0 saturated heterocycles. The smallest absolute Gasteiger partial charge is 0.227 e. The second-order valence-electron chi connectivity index (χ2n) is 6.44. The monoisotopic (exact) mass is 370 g/mol. The fraction of sp³-hybridized carbons (Fsp3) is 0.238. The van der Waals surface area contributed by atoms with Crippen LogP contribution in [0.1, 0.15) is 22.4 Å². The molecule has 134 valence electrons. The summed E-state index contributed by atoms with van der Waals surface area (Å²) in [6, 6.07) is 12.4. The summed E-state index contributed by atoms with van der Waals surface area (Å²) < 4.78 is 14.0. The van der Waals surface area contributed by atoms with E-state index in [2.05, 4.69) is 4.98 Å². The zero-order valence-corrected chi connectivity index (χ0v) is 15.8. The molecule has 2 aromatic carbocycles. The van der Waals surface area contributed by atoms with Gasteiger partial charge in [-0.15, -0.1) is 0 Å². The van der Waals surface area contributed by atoms with Crippen molar-refractivity contribution in [3.8, 4) is 0 Å². The number of carbonyl (C=O) groups is 1. The van der Waals surface area contributed by atoms with Gasteiger partial charge >= 0.3 is 0 Å². The van der Waals surface area contributed by atoms with Crippen LogP contribution in [0.5, 0.6) is 0 Å². The second-order valence-corrected chi connectivity index (χ2v) is 6.85. The number of amides is 1. The Kier molecular flexibility index (Phi) is 5.23. The van der Waals surface area contributed by atoms with E-state index in [9.17, 15) is 9.18 Å². The number of fused-ring (bicyclic) bond motifs is 1. The summed E-state index contributed by atoms with van der Waals surface area (Å²) >= 11 is 6.07. The first-order valence-corrected chi connectivity index (χ1v) is 8.78. The van der Waals surface area contributed by atoms with Gasteiger partial charge in [0.25, 0.3) is 0 Å². The summed E-state index contributed by atoms with van der Waals surface area (Å²) in [5.74, 6) is -0.510. The number of likely N-dealkylation sites (N-methyl/N-ethyl adjacent to an activating group) is 1. The van der Waals surface area contributed by atoms with Crippen LogP contribution in [0.3, 0.4) is 0 Å². The number of halogens is 2. The van der Waals surface area contributed by atoms with Crippen LogP contribution in [0.4, 0.5) is 4.39 Å². The maximum atomic E-state index is 14.0. The normalized spacial score (nSPS) is 11.0. The van der Waals surface area contributed by atoms with Crippen molar-refractivity contribution in [3.63, 3.8) is 0 Å². The molecular formula is C21H20ClFN2O. The fourth-order valence-electron chi connectivity index (χ4n) is 3.13. The van der Waals surface area contributed by atoms with Gasteiger partial charge in [-0.25, -0.2) is 4.39 Å². The van der Waals surface area contributed by atoms with Crippen LogP contribution in [-0.2, 0) is 17.8 Å².